The summed E-state index contributed by atoms with van der Waals surface area (Å²) in [6.07, 6.45) is 6.06. The summed E-state index contributed by atoms with van der Waals surface area (Å²) >= 11 is 0. The number of anilines is 2. The van der Waals surface area contributed by atoms with E-state index in [0.29, 0.717) is 48.2 Å². The Morgan fingerprint density at radius 2 is 1.30 bits per heavy atom. The van der Waals surface area contributed by atoms with E-state index in [0.717, 1.165) is 24.8 Å². The second-order valence-corrected chi connectivity index (χ2v) is 14.5. The monoisotopic (exact) mass is 772 g/mol. The topological polar surface area (TPSA) is 230 Å². The van der Waals surface area contributed by atoms with Gasteiger partial charge in [0.2, 0.25) is 23.4 Å². The summed E-state index contributed by atoms with van der Waals surface area (Å²) in [6.45, 7) is 8.50. The number of amides is 4. The number of imidazole rings is 2. The smallest absolute Gasteiger partial charge is 0.407 e. The van der Waals surface area contributed by atoms with E-state index in [1.165, 1.54) is 20.6 Å². The Balaban J connectivity index is 1.11. The van der Waals surface area contributed by atoms with Gasteiger partial charge in [0.1, 0.15) is 29.6 Å². The van der Waals surface area contributed by atoms with Crippen LogP contribution in [0.5, 0.6) is 0 Å². The number of likely N-dealkylation sites (tertiary alicyclic amines) is 2. The molecule has 6 rings (SSSR count). The number of H-pyrrole nitrogens is 2. The first-order valence-corrected chi connectivity index (χ1v) is 18.7. The van der Waals surface area contributed by atoms with Crippen LogP contribution in [0.25, 0.3) is 11.3 Å². The number of hydrogen-bond acceptors (Lipinski definition) is 12. The van der Waals surface area contributed by atoms with Gasteiger partial charge in [-0.3, -0.25) is 14.4 Å². The van der Waals surface area contributed by atoms with Crippen LogP contribution in [0.4, 0.5) is 21.2 Å². The maximum absolute atomic E-state index is 13.6. The average molecular weight is 773 g/mol. The molecular weight excluding hydrogens is 724 g/mol. The lowest BCUT2D eigenvalue weighted by atomic mass is 10.0. The molecule has 4 aromatic rings. The average Bonchev–Trinajstić information content (AvgIpc) is 4.04. The maximum Gasteiger partial charge on any atom is 0.407 e. The van der Waals surface area contributed by atoms with Crippen molar-refractivity contribution in [1.82, 2.24) is 45.4 Å². The summed E-state index contributed by atoms with van der Waals surface area (Å²) in [5.74, 6) is 0.695. The standard InChI is InChI=1S/C38H48N10O8/c1-20(2)28(45-37(52)54-5)35(50)47-15-7-9-25(47)32-39-17-24(42-32)22-11-13-23(14-12-22)30(49)31-34(41-19-56-31)44-27-18-40-33(43-27)26-10-8-16-48(26)36(51)29(21(3)4)46-38(53)55-6/h11-14,17-21,25-26,28-29,44H,7-10,15-16H2,1-6H3,(H,39,42)(H,40,43)(H,45,52)(H,46,53). The number of nitrogens with zero attached hydrogens (tertiary/aromatic N) is 5. The normalized spacial score (nSPS) is 17.9. The molecule has 18 heteroatoms. The van der Waals surface area contributed by atoms with Gasteiger partial charge in [0.15, 0.2) is 12.2 Å². The van der Waals surface area contributed by atoms with Crippen LogP contribution in [0.15, 0.2) is 47.5 Å². The second kappa shape index (κ2) is 17.1. The molecule has 3 aromatic heterocycles. The van der Waals surface area contributed by atoms with E-state index < -0.39 is 30.1 Å². The highest BCUT2D eigenvalue weighted by atomic mass is 16.5. The van der Waals surface area contributed by atoms with Crippen LogP contribution in [-0.2, 0) is 19.1 Å². The number of ketones is 1. The van der Waals surface area contributed by atoms with E-state index in [2.05, 4.69) is 40.9 Å². The third kappa shape index (κ3) is 8.38. The van der Waals surface area contributed by atoms with Crippen LogP contribution in [-0.4, -0.2) is 104 Å². The molecule has 4 atom stereocenters. The zero-order valence-corrected chi connectivity index (χ0v) is 32.3. The summed E-state index contributed by atoms with van der Waals surface area (Å²) < 4.78 is 15.0. The Hall–Kier alpha value is -6.20. The van der Waals surface area contributed by atoms with Crippen LogP contribution < -0.4 is 16.0 Å². The molecule has 298 valence electrons. The van der Waals surface area contributed by atoms with Gasteiger partial charge in [-0.05, 0) is 43.1 Å². The van der Waals surface area contributed by atoms with Gasteiger partial charge in [-0.1, -0.05) is 52.0 Å². The first-order chi connectivity index (χ1) is 26.9. The van der Waals surface area contributed by atoms with E-state index >= 15 is 0 Å². The molecule has 0 bridgehead atoms. The van der Waals surface area contributed by atoms with Crippen LogP contribution in [0.1, 0.15) is 93.2 Å². The number of rotatable bonds is 13. The lowest BCUT2D eigenvalue weighted by Crippen LogP contribution is -2.51. The first kappa shape index (κ1) is 39.5. The highest BCUT2D eigenvalue weighted by Crippen LogP contribution is 2.34. The number of methoxy groups -OCH3 is 2. The summed E-state index contributed by atoms with van der Waals surface area (Å²) in [6, 6.07) is 4.83. The summed E-state index contributed by atoms with van der Waals surface area (Å²) in [5, 5.41) is 8.38. The van der Waals surface area contributed by atoms with Gasteiger partial charge in [-0.2, -0.15) is 4.98 Å². The molecule has 56 heavy (non-hydrogen) atoms. The van der Waals surface area contributed by atoms with Crippen LogP contribution in [0.2, 0.25) is 0 Å². The van der Waals surface area contributed by atoms with Crippen molar-refractivity contribution in [3.05, 3.63) is 66.0 Å². The number of alkyl carbamates (subject to hydrolysis) is 2. The van der Waals surface area contributed by atoms with Gasteiger partial charge in [0, 0.05) is 18.7 Å². The number of aromatic amines is 2. The molecule has 18 nitrogen and oxygen atoms in total. The van der Waals surface area contributed by atoms with Gasteiger partial charge in [-0.25, -0.2) is 19.6 Å². The quantitative estimate of drug-likeness (QED) is 0.115. The molecule has 0 spiro atoms. The number of oxazole rings is 1. The predicted molar refractivity (Wildman–Crippen MR) is 202 cm³/mol. The van der Waals surface area contributed by atoms with Crippen molar-refractivity contribution < 1.29 is 37.9 Å². The fourth-order valence-corrected chi connectivity index (χ4v) is 7.16. The van der Waals surface area contributed by atoms with Crippen LogP contribution in [0.3, 0.4) is 0 Å². The molecule has 0 radical (unpaired) electrons. The summed E-state index contributed by atoms with van der Waals surface area (Å²) in [4.78, 5) is 87.8. The Morgan fingerprint density at radius 3 is 1.84 bits per heavy atom. The highest BCUT2D eigenvalue weighted by Gasteiger charge is 2.39. The lowest BCUT2D eigenvalue weighted by Gasteiger charge is -2.30. The molecule has 1 aromatic carbocycles. The Bertz CT molecular complexity index is 2040. The van der Waals surface area contributed by atoms with Gasteiger partial charge < -0.3 is 49.6 Å². The summed E-state index contributed by atoms with van der Waals surface area (Å²) in [5.41, 5.74) is 1.86. The number of ether oxygens (including phenoxy) is 2. The molecule has 2 aliphatic heterocycles. The fraction of sp³-hybridized carbons (Fsp3) is 0.474. The number of carbonyl (C=O) groups is 5. The zero-order valence-electron chi connectivity index (χ0n) is 32.3. The zero-order chi connectivity index (χ0) is 40.1. The van der Waals surface area contributed by atoms with E-state index in [-0.39, 0.29) is 47.3 Å². The second-order valence-electron chi connectivity index (χ2n) is 14.5. The molecule has 2 aliphatic rings. The molecule has 5 N–H and O–H groups in total. The van der Waals surface area contributed by atoms with Crippen molar-refractivity contribution in [2.75, 3.05) is 32.6 Å². The minimum Gasteiger partial charge on any atom is -0.453 e. The largest absolute Gasteiger partial charge is 0.453 e. The van der Waals surface area contributed by atoms with E-state index in [9.17, 15) is 24.0 Å². The van der Waals surface area contributed by atoms with Crippen molar-refractivity contribution in [2.24, 2.45) is 11.8 Å². The van der Waals surface area contributed by atoms with Crippen molar-refractivity contribution in [1.29, 1.82) is 0 Å². The van der Waals surface area contributed by atoms with Gasteiger partial charge in [0.25, 0.3) is 0 Å². The van der Waals surface area contributed by atoms with Crippen LogP contribution in [0, 0.1) is 11.8 Å². The van der Waals surface area contributed by atoms with E-state index in [4.69, 9.17) is 13.9 Å². The Labute approximate surface area is 323 Å². The third-order valence-corrected chi connectivity index (χ3v) is 10.2. The number of aromatic nitrogens is 5. The van der Waals surface area contributed by atoms with Crippen molar-refractivity contribution in [2.45, 2.75) is 77.5 Å². The van der Waals surface area contributed by atoms with Gasteiger partial charge >= 0.3 is 12.2 Å². The van der Waals surface area contributed by atoms with Crippen molar-refractivity contribution in [3.8, 4) is 11.3 Å². The first-order valence-electron chi connectivity index (χ1n) is 18.7. The lowest BCUT2D eigenvalue weighted by molar-refractivity contribution is -0.136. The minimum atomic E-state index is -0.757. The molecule has 2 saturated heterocycles. The van der Waals surface area contributed by atoms with Crippen molar-refractivity contribution >= 4 is 41.4 Å². The number of carbonyl (C=O) groups excluding carboxylic acids is 5. The highest BCUT2D eigenvalue weighted by molar-refractivity contribution is 6.10. The summed E-state index contributed by atoms with van der Waals surface area (Å²) in [7, 11) is 2.52. The van der Waals surface area contributed by atoms with Crippen molar-refractivity contribution in [3.63, 3.8) is 0 Å². The van der Waals surface area contributed by atoms with E-state index in [1.807, 2.05) is 27.7 Å². The molecule has 5 heterocycles. The molecule has 4 unspecified atom stereocenters. The number of nitrogens with one attached hydrogen (secondary N) is 5. The fourth-order valence-electron chi connectivity index (χ4n) is 7.16. The number of benzene rings is 1. The SMILES string of the molecule is COC(=O)NC(C(=O)N1CCCC1c1ncc(Nc2ncoc2C(=O)c2ccc(-c3cnc(C4CCCN4C(=O)C(NC(=O)OC)C(C)C)[nH]3)cc2)[nH]1)C(C)C. The van der Waals surface area contributed by atoms with Gasteiger partial charge in [-0.15, -0.1) is 0 Å². The third-order valence-electron chi connectivity index (χ3n) is 10.2. The Kier molecular flexibility index (Phi) is 12.0. The molecular formula is C38H48N10O8. The maximum atomic E-state index is 13.6. The molecule has 0 saturated carbocycles. The predicted octanol–water partition coefficient (Wildman–Crippen LogP) is 4.85. The minimum absolute atomic E-state index is 0.00330. The van der Waals surface area contributed by atoms with E-state index in [1.54, 1.807) is 46.5 Å². The number of hydrogen-bond donors (Lipinski definition) is 5. The van der Waals surface area contributed by atoms with Gasteiger partial charge in [0.05, 0.1) is 44.4 Å². The Morgan fingerprint density at radius 1 is 0.768 bits per heavy atom. The van der Waals surface area contributed by atoms with Crippen LogP contribution >= 0.6 is 0 Å². The molecule has 4 amide bonds. The molecule has 2 fully saturated rings. The molecule has 0 aliphatic carbocycles.